The Labute approximate surface area is 94.3 Å². The van der Waals surface area contributed by atoms with Crippen molar-refractivity contribution in [3.8, 4) is 0 Å². The summed E-state index contributed by atoms with van der Waals surface area (Å²) in [7, 11) is 0. The summed E-state index contributed by atoms with van der Waals surface area (Å²) in [4.78, 5) is 0. The lowest BCUT2D eigenvalue weighted by Crippen LogP contribution is -2.38. The van der Waals surface area contributed by atoms with Crippen molar-refractivity contribution >= 4 is 0 Å². The standard InChI is InChI=1S/C14H26O/c1-10-8-11(2)13-5-3-4-12(6-7-15)14(13)9-10/h10-15H,3-9H2,1-2H3. The second-order valence-corrected chi connectivity index (χ2v) is 6.08. The molecule has 0 heterocycles. The molecule has 2 rings (SSSR count). The molecule has 0 aromatic carbocycles. The quantitative estimate of drug-likeness (QED) is 0.740. The van der Waals surface area contributed by atoms with E-state index in [4.69, 9.17) is 5.11 Å². The van der Waals surface area contributed by atoms with Gasteiger partial charge < -0.3 is 5.11 Å². The van der Waals surface area contributed by atoms with Gasteiger partial charge in [-0.05, 0) is 55.3 Å². The highest BCUT2D eigenvalue weighted by molar-refractivity contribution is 4.89. The van der Waals surface area contributed by atoms with E-state index in [2.05, 4.69) is 13.8 Å². The Kier molecular flexibility index (Phi) is 3.71. The first-order valence-electron chi connectivity index (χ1n) is 6.83. The van der Waals surface area contributed by atoms with Crippen LogP contribution in [0.25, 0.3) is 0 Å². The first kappa shape index (κ1) is 11.4. The molecule has 0 saturated heterocycles. The van der Waals surface area contributed by atoms with Gasteiger partial charge in [-0.25, -0.2) is 0 Å². The van der Waals surface area contributed by atoms with Crippen LogP contribution in [0.2, 0.25) is 0 Å². The normalized spacial score (nSPS) is 46.2. The largest absolute Gasteiger partial charge is 0.396 e. The summed E-state index contributed by atoms with van der Waals surface area (Å²) >= 11 is 0. The molecule has 0 spiro atoms. The summed E-state index contributed by atoms with van der Waals surface area (Å²) in [5.74, 6) is 4.59. The molecule has 2 saturated carbocycles. The average Bonchev–Trinajstić information content (AvgIpc) is 2.19. The lowest BCUT2D eigenvalue weighted by atomic mass is 9.59. The van der Waals surface area contributed by atoms with Gasteiger partial charge in [0, 0.05) is 6.61 Å². The maximum absolute atomic E-state index is 9.14. The Morgan fingerprint density at radius 1 is 1.07 bits per heavy atom. The van der Waals surface area contributed by atoms with Crippen molar-refractivity contribution in [2.24, 2.45) is 29.6 Å². The summed E-state index contributed by atoms with van der Waals surface area (Å²) in [6.45, 7) is 5.27. The number of fused-ring (bicyclic) bond motifs is 1. The highest BCUT2D eigenvalue weighted by Gasteiger charge is 2.39. The molecule has 88 valence electrons. The van der Waals surface area contributed by atoms with Gasteiger partial charge in [0.25, 0.3) is 0 Å². The Bertz CT molecular complexity index is 200. The van der Waals surface area contributed by atoms with E-state index >= 15 is 0 Å². The van der Waals surface area contributed by atoms with Gasteiger partial charge in [-0.3, -0.25) is 0 Å². The second-order valence-electron chi connectivity index (χ2n) is 6.08. The van der Waals surface area contributed by atoms with E-state index in [1.54, 1.807) is 0 Å². The van der Waals surface area contributed by atoms with Crippen LogP contribution in [0.15, 0.2) is 0 Å². The monoisotopic (exact) mass is 210 g/mol. The van der Waals surface area contributed by atoms with Crippen LogP contribution in [0.1, 0.15) is 52.4 Å². The lowest BCUT2D eigenvalue weighted by molar-refractivity contribution is 0.0266. The molecule has 2 fully saturated rings. The Balaban J connectivity index is 2.04. The van der Waals surface area contributed by atoms with E-state index < -0.39 is 0 Å². The maximum atomic E-state index is 9.14. The number of aliphatic hydroxyl groups excluding tert-OH is 1. The molecule has 0 aromatic heterocycles. The molecular formula is C14H26O. The zero-order valence-electron chi connectivity index (χ0n) is 10.3. The average molecular weight is 210 g/mol. The van der Waals surface area contributed by atoms with Crippen LogP contribution < -0.4 is 0 Å². The van der Waals surface area contributed by atoms with Gasteiger partial charge in [-0.2, -0.15) is 0 Å². The predicted octanol–water partition coefficient (Wildman–Crippen LogP) is 3.47. The van der Waals surface area contributed by atoms with E-state index in [0.29, 0.717) is 6.61 Å². The van der Waals surface area contributed by atoms with Crippen molar-refractivity contribution in [1.82, 2.24) is 0 Å². The summed E-state index contributed by atoms with van der Waals surface area (Å²) in [5.41, 5.74) is 0. The van der Waals surface area contributed by atoms with Crippen molar-refractivity contribution < 1.29 is 5.11 Å². The highest BCUT2D eigenvalue weighted by Crippen LogP contribution is 2.49. The minimum absolute atomic E-state index is 0.399. The molecule has 2 aliphatic rings. The van der Waals surface area contributed by atoms with Gasteiger partial charge in [-0.15, -0.1) is 0 Å². The molecule has 2 aliphatic carbocycles. The molecule has 1 heteroatoms. The Morgan fingerprint density at radius 3 is 2.60 bits per heavy atom. The van der Waals surface area contributed by atoms with E-state index in [1.165, 1.54) is 32.1 Å². The predicted molar refractivity (Wildman–Crippen MR) is 63.6 cm³/mol. The summed E-state index contributed by atoms with van der Waals surface area (Å²) in [5, 5.41) is 9.14. The molecule has 5 unspecified atom stereocenters. The first-order valence-corrected chi connectivity index (χ1v) is 6.83. The molecule has 0 aliphatic heterocycles. The van der Waals surface area contributed by atoms with Crippen molar-refractivity contribution in [1.29, 1.82) is 0 Å². The number of hydrogen-bond donors (Lipinski definition) is 1. The van der Waals surface area contributed by atoms with Gasteiger partial charge in [0.2, 0.25) is 0 Å². The van der Waals surface area contributed by atoms with E-state index in [1.807, 2.05) is 0 Å². The van der Waals surface area contributed by atoms with Gasteiger partial charge in [0.05, 0.1) is 0 Å². The highest BCUT2D eigenvalue weighted by atomic mass is 16.3. The molecule has 0 aromatic rings. The lowest BCUT2D eigenvalue weighted by Gasteiger charge is -2.47. The third kappa shape index (κ3) is 2.38. The Hall–Kier alpha value is -0.0400. The van der Waals surface area contributed by atoms with E-state index in [9.17, 15) is 0 Å². The van der Waals surface area contributed by atoms with Crippen LogP contribution >= 0.6 is 0 Å². The number of rotatable bonds is 2. The second kappa shape index (κ2) is 4.86. The number of hydrogen-bond acceptors (Lipinski definition) is 1. The third-order valence-corrected chi connectivity index (χ3v) is 4.95. The fourth-order valence-corrected chi connectivity index (χ4v) is 4.36. The molecule has 15 heavy (non-hydrogen) atoms. The van der Waals surface area contributed by atoms with Crippen LogP contribution in [0.4, 0.5) is 0 Å². The zero-order chi connectivity index (χ0) is 10.8. The summed E-state index contributed by atoms with van der Waals surface area (Å²) in [6.07, 6.45) is 8.17. The van der Waals surface area contributed by atoms with Crippen LogP contribution in [-0.4, -0.2) is 11.7 Å². The van der Waals surface area contributed by atoms with Crippen LogP contribution in [0.3, 0.4) is 0 Å². The van der Waals surface area contributed by atoms with E-state index in [0.717, 1.165) is 36.0 Å². The van der Waals surface area contributed by atoms with Crippen LogP contribution in [-0.2, 0) is 0 Å². The van der Waals surface area contributed by atoms with Crippen molar-refractivity contribution in [2.45, 2.75) is 52.4 Å². The molecule has 1 N–H and O–H groups in total. The third-order valence-electron chi connectivity index (χ3n) is 4.95. The maximum Gasteiger partial charge on any atom is 0.0433 e. The smallest absolute Gasteiger partial charge is 0.0433 e. The molecule has 5 atom stereocenters. The minimum Gasteiger partial charge on any atom is -0.396 e. The fourth-order valence-electron chi connectivity index (χ4n) is 4.36. The molecule has 0 radical (unpaired) electrons. The molecule has 0 bridgehead atoms. The van der Waals surface area contributed by atoms with Gasteiger partial charge in [0.1, 0.15) is 0 Å². The first-order chi connectivity index (χ1) is 7.22. The topological polar surface area (TPSA) is 20.2 Å². The molecule has 1 nitrogen and oxygen atoms in total. The SMILES string of the molecule is CC1CC(C)C2CCCC(CCO)C2C1. The number of aliphatic hydroxyl groups is 1. The minimum atomic E-state index is 0.399. The van der Waals surface area contributed by atoms with Gasteiger partial charge in [-0.1, -0.05) is 26.7 Å². The van der Waals surface area contributed by atoms with Gasteiger partial charge >= 0.3 is 0 Å². The van der Waals surface area contributed by atoms with E-state index in [-0.39, 0.29) is 0 Å². The molecule has 0 amide bonds. The fraction of sp³-hybridized carbons (Fsp3) is 1.00. The summed E-state index contributed by atoms with van der Waals surface area (Å²) < 4.78 is 0. The van der Waals surface area contributed by atoms with Gasteiger partial charge in [0.15, 0.2) is 0 Å². The van der Waals surface area contributed by atoms with Crippen molar-refractivity contribution in [3.05, 3.63) is 0 Å². The Morgan fingerprint density at radius 2 is 1.87 bits per heavy atom. The molecular weight excluding hydrogens is 184 g/mol. The van der Waals surface area contributed by atoms with Crippen LogP contribution in [0, 0.1) is 29.6 Å². The summed E-state index contributed by atoms with van der Waals surface area (Å²) in [6, 6.07) is 0. The zero-order valence-corrected chi connectivity index (χ0v) is 10.3. The van der Waals surface area contributed by atoms with Crippen LogP contribution in [0.5, 0.6) is 0 Å². The van der Waals surface area contributed by atoms with Crippen molar-refractivity contribution in [2.75, 3.05) is 6.61 Å². The van der Waals surface area contributed by atoms with Crippen molar-refractivity contribution in [3.63, 3.8) is 0 Å².